The monoisotopic (exact) mass is 346 g/mol. The minimum Gasteiger partial charge on any atom is -0.469 e. The van der Waals surface area contributed by atoms with E-state index < -0.39 is 0 Å². The number of piperazine rings is 1. The van der Waals surface area contributed by atoms with Crippen LogP contribution in [0.1, 0.15) is 22.5 Å². The molecule has 0 bridgehead atoms. The molecular formula is C18H19ClN2O3. The Balaban J connectivity index is 1.50. The zero-order valence-corrected chi connectivity index (χ0v) is 14.0. The van der Waals surface area contributed by atoms with E-state index in [1.54, 1.807) is 35.4 Å². The fraction of sp³-hybridized carbons (Fsp3) is 0.333. The van der Waals surface area contributed by atoms with E-state index in [1.807, 2.05) is 17.0 Å². The van der Waals surface area contributed by atoms with Crippen molar-refractivity contribution in [3.05, 3.63) is 59.0 Å². The highest BCUT2D eigenvalue weighted by atomic mass is 35.5. The lowest BCUT2D eigenvalue weighted by Crippen LogP contribution is -2.50. The molecule has 0 radical (unpaired) electrons. The number of halogens is 1. The largest absolute Gasteiger partial charge is 0.469 e. The molecule has 1 aromatic heterocycles. The number of furan rings is 1. The number of hydrogen-bond donors (Lipinski definition) is 0. The van der Waals surface area contributed by atoms with Gasteiger partial charge >= 0.3 is 0 Å². The first-order valence-corrected chi connectivity index (χ1v) is 8.36. The van der Waals surface area contributed by atoms with Crippen LogP contribution in [0.25, 0.3) is 0 Å². The maximum atomic E-state index is 12.5. The van der Waals surface area contributed by atoms with Crippen LogP contribution in [0.3, 0.4) is 0 Å². The third kappa shape index (κ3) is 3.97. The molecule has 0 aliphatic carbocycles. The molecule has 1 saturated heterocycles. The van der Waals surface area contributed by atoms with Gasteiger partial charge in [0.15, 0.2) is 0 Å². The van der Waals surface area contributed by atoms with E-state index in [1.165, 1.54) is 0 Å². The number of rotatable bonds is 4. The third-order valence-electron chi connectivity index (χ3n) is 4.16. The molecule has 1 aliphatic rings. The molecule has 5 nitrogen and oxygen atoms in total. The summed E-state index contributed by atoms with van der Waals surface area (Å²) < 4.78 is 5.24. The summed E-state index contributed by atoms with van der Waals surface area (Å²) in [7, 11) is 0. The molecule has 24 heavy (non-hydrogen) atoms. The second-order valence-corrected chi connectivity index (χ2v) is 6.20. The second kappa shape index (κ2) is 7.53. The van der Waals surface area contributed by atoms with Crippen molar-refractivity contribution in [2.24, 2.45) is 0 Å². The fourth-order valence-corrected chi connectivity index (χ4v) is 3.00. The summed E-state index contributed by atoms with van der Waals surface area (Å²) in [5.74, 6) is 0.875. The molecule has 6 heteroatoms. The molecule has 2 amide bonds. The van der Waals surface area contributed by atoms with Crippen LogP contribution in [0.15, 0.2) is 47.1 Å². The average molecular weight is 347 g/mol. The van der Waals surface area contributed by atoms with E-state index in [2.05, 4.69) is 0 Å². The highest BCUT2D eigenvalue weighted by molar-refractivity contribution is 6.30. The lowest BCUT2D eigenvalue weighted by molar-refractivity contribution is -0.132. The van der Waals surface area contributed by atoms with Gasteiger partial charge in [-0.05, 0) is 30.3 Å². The Morgan fingerprint density at radius 2 is 1.79 bits per heavy atom. The van der Waals surface area contributed by atoms with Crippen LogP contribution in [0.2, 0.25) is 5.02 Å². The number of hydrogen-bond acceptors (Lipinski definition) is 3. The standard InChI is InChI=1S/C18H19ClN2O3/c19-15-4-1-3-14(13-15)18(23)21-10-8-20(9-11-21)17(22)7-6-16-5-2-12-24-16/h1-5,12-13H,6-11H2. The molecule has 0 N–H and O–H groups in total. The van der Waals surface area contributed by atoms with Crippen LogP contribution in [0, 0.1) is 0 Å². The molecule has 0 atom stereocenters. The zero-order valence-electron chi connectivity index (χ0n) is 13.3. The first kappa shape index (κ1) is 16.6. The summed E-state index contributed by atoms with van der Waals surface area (Å²) in [6.07, 6.45) is 2.64. The van der Waals surface area contributed by atoms with E-state index in [0.29, 0.717) is 49.6 Å². The first-order valence-electron chi connectivity index (χ1n) is 7.98. The molecule has 2 heterocycles. The summed E-state index contributed by atoms with van der Waals surface area (Å²) in [6.45, 7) is 2.20. The highest BCUT2D eigenvalue weighted by Gasteiger charge is 2.24. The molecule has 1 aromatic carbocycles. The molecule has 126 valence electrons. The number of amides is 2. The Morgan fingerprint density at radius 3 is 2.46 bits per heavy atom. The molecule has 1 aliphatic heterocycles. The molecule has 3 rings (SSSR count). The lowest BCUT2D eigenvalue weighted by Gasteiger charge is -2.35. The second-order valence-electron chi connectivity index (χ2n) is 5.76. The van der Waals surface area contributed by atoms with E-state index in [-0.39, 0.29) is 11.8 Å². The van der Waals surface area contributed by atoms with Crippen molar-refractivity contribution in [2.45, 2.75) is 12.8 Å². The van der Waals surface area contributed by atoms with Crippen molar-refractivity contribution >= 4 is 23.4 Å². The summed E-state index contributed by atoms with van der Waals surface area (Å²) in [4.78, 5) is 28.3. The number of carbonyl (C=O) groups excluding carboxylic acids is 2. The van der Waals surface area contributed by atoms with Crippen LogP contribution >= 0.6 is 11.6 Å². The Kier molecular flexibility index (Phi) is 5.20. The van der Waals surface area contributed by atoms with E-state index in [4.69, 9.17) is 16.0 Å². The van der Waals surface area contributed by atoms with E-state index in [0.717, 1.165) is 5.76 Å². The van der Waals surface area contributed by atoms with Gasteiger partial charge in [-0.3, -0.25) is 9.59 Å². The van der Waals surface area contributed by atoms with E-state index >= 15 is 0 Å². The molecule has 0 saturated carbocycles. The minimum atomic E-state index is -0.0415. The van der Waals surface area contributed by atoms with Crippen molar-refractivity contribution in [1.29, 1.82) is 0 Å². The van der Waals surface area contributed by atoms with Crippen molar-refractivity contribution in [3.63, 3.8) is 0 Å². The Hall–Kier alpha value is -2.27. The average Bonchev–Trinajstić information content (AvgIpc) is 3.13. The van der Waals surface area contributed by atoms with Gasteiger partial charge in [-0.2, -0.15) is 0 Å². The van der Waals surface area contributed by atoms with Gasteiger partial charge in [-0.15, -0.1) is 0 Å². The van der Waals surface area contributed by atoms with Gasteiger partial charge < -0.3 is 14.2 Å². The SMILES string of the molecule is O=C(CCc1ccco1)N1CCN(C(=O)c2cccc(Cl)c2)CC1. The highest BCUT2D eigenvalue weighted by Crippen LogP contribution is 2.15. The minimum absolute atomic E-state index is 0.0415. The summed E-state index contributed by atoms with van der Waals surface area (Å²) in [5, 5.41) is 0.549. The van der Waals surface area contributed by atoms with Crippen LogP contribution in [-0.2, 0) is 11.2 Å². The van der Waals surface area contributed by atoms with Crippen LogP contribution in [0.5, 0.6) is 0 Å². The normalized spacial score (nSPS) is 14.7. The van der Waals surface area contributed by atoms with Gasteiger partial charge in [0.2, 0.25) is 5.91 Å². The van der Waals surface area contributed by atoms with Crippen molar-refractivity contribution < 1.29 is 14.0 Å². The third-order valence-corrected chi connectivity index (χ3v) is 4.39. The molecule has 2 aromatic rings. The Morgan fingerprint density at radius 1 is 1.04 bits per heavy atom. The number of aryl methyl sites for hydroxylation is 1. The van der Waals surface area contributed by atoms with Gasteiger partial charge in [0.1, 0.15) is 5.76 Å². The topological polar surface area (TPSA) is 53.8 Å². The first-order chi connectivity index (χ1) is 11.6. The smallest absolute Gasteiger partial charge is 0.254 e. The number of benzene rings is 1. The summed E-state index contributed by atoms with van der Waals surface area (Å²) in [6, 6.07) is 10.6. The van der Waals surface area contributed by atoms with Crippen molar-refractivity contribution in [3.8, 4) is 0 Å². The van der Waals surface area contributed by atoms with Gasteiger partial charge in [-0.1, -0.05) is 17.7 Å². The van der Waals surface area contributed by atoms with Gasteiger partial charge in [0.05, 0.1) is 6.26 Å². The van der Waals surface area contributed by atoms with Crippen LogP contribution < -0.4 is 0 Å². The van der Waals surface area contributed by atoms with Gasteiger partial charge in [0, 0.05) is 49.6 Å². The maximum Gasteiger partial charge on any atom is 0.254 e. The molecule has 0 spiro atoms. The lowest BCUT2D eigenvalue weighted by atomic mass is 10.1. The Bertz CT molecular complexity index is 707. The van der Waals surface area contributed by atoms with E-state index in [9.17, 15) is 9.59 Å². The molecular weight excluding hydrogens is 328 g/mol. The van der Waals surface area contributed by atoms with Crippen molar-refractivity contribution in [1.82, 2.24) is 9.80 Å². The molecule has 0 unspecified atom stereocenters. The van der Waals surface area contributed by atoms with Crippen molar-refractivity contribution in [2.75, 3.05) is 26.2 Å². The summed E-state index contributed by atoms with van der Waals surface area (Å²) in [5.41, 5.74) is 0.583. The summed E-state index contributed by atoms with van der Waals surface area (Å²) >= 11 is 5.94. The zero-order chi connectivity index (χ0) is 16.9. The predicted molar refractivity (Wildman–Crippen MR) is 91.0 cm³/mol. The number of nitrogens with zero attached hydrogens (tertiary/aromatic N) is 2. The predicted octanol–water partition coefficient (Wildman–Crippen LogP) is 2.85. The fourth-order valence-electron chi connectivity index (χ4n) is 2.81. The van der Waals surface area contributed by atoms with Crippen LogP contribution in [0.4, 0.5) is 0 Å². The molecule has 1 fully saturated rings. The maximum absolute atomic E-state index is 12.5. The Labute approximate surface area is 145 Å². The number of carbonyl (C=O) groups is 2. The van der Waals surface area contributed by atoms with Gasteiger partial charge in [-0.25, -0.2) is 0 Å². The quantitative estimate of drug-likeness (QED) is 0.855. The van der Waals surface area contributed by atoms with Crippen LogP contribution in [-0.4, -0.2) is 47.8 Å². The van der Waals surface area contributed by atoms with Gasteiger partial charge in [0.25, 0.3) is 5.91 Å².